The molecule has 6 nitrogen and oxygen atoms in total. The summed E-state index contributed by atoms with van der Waals surface area (Å²) in [5, 5.41) is 4.04. The number of nitrogens with one attached hydrogen (secondary N) is 1. The predicted octanol–water partition coefficient (Wildman–Crippen LogP) is 4.65. The Bertz CT molecular complexity index is 821. The van der Waals surface area contributed by atoms with E-state index in [4.69, 9.17) is 21.1 Å². The summed E-state index contributed by atoms with van der Waals surface area (Å²) in [4.78, 5) is 27.5. The molecule has 0 spiro atoms. The number of esters is 1. The highest BCUT2D eigenvalue weighted by Crippen LogP contribution is 2.33. The van der Waals surface area contributed by atoms with Gasteiger partial charge in [-0.05, 0) is 50.2 Å². The van der Waals surface area contributed by atoms with Gasteiger partial charge in [0.05, 0.1) is 18.7 Å². The summed E-state index contributed by atoms with van der Waals surface area (Å²) in [7, 11) is 1.84. The number of benzene rings is 1. The molecule has 1 amide bonds. The Labute approximate surface area is 180 Å². The molecule has 1 aromatic heterocycles. The number of amides is 1. The Kier molecular flexibility index (Phi) is 8.95. The van der Waals surface area contributed by atoms with Crippen molar-refractivity contribution in [3.63, 3.8) is 0 Å². The molecule has 0 aliphatic rings. The fraction of sp³-hybridized carbons (Fsp3) is 0.429. The molecule has 0 unspecified atom stereocenters. The smallest absolute Gasteiger partial charge is 0.341 e. The third-order valence-electron chi connectivity index (χ3n) is 4.04. The first-order valence-electron chi connectivity index (χ1n) is 9.47. The van der Waals surface area contributed by atoms with Gasteiger partial charge in [0, 0.05) is 16.4 Å². The molecule has 0 fully saturated rings. The molecular weight excluding hydrogens is 412 g/mol. The fourth-order valence-corrected chi connectivity index (χ4v) is 3.68. The molecule has 0 saturated carbocycles. The SMILES string of the molecule is CCOC(=O)c1cc(C(C)C)sc1NC(=O)CN(C)CCOc1ccc(Cl)cc1. The zero-order valence-electron chi connectivity index (χ0n) is 17.2. The van der Waals surface area contributed by atoms with Crippen LogP contribution in [-0.4, -0.2) is 50.1 Å². The van der Waals surface area contributed by atoms with Crippen LogP contribution in [0.25, 0.3) is 0 Å². The van der Waals surface area contributed by atoms with Crippen LogP contribution in [-0.2, 0) is 9.53 Å². The van der Waals surface area contributed by atoms with Crippen molar-refractivity contribution in [1.82, 2.24) is 4.90 Å². The molecule has 0 atom stereocenters. The van der Waals surface area contributed by atoms with Crippen molar-refractivity contribution in [2.24, 2.45) is 0 Å². The molecule has 0 saturated heterocycles. The Morgan fingerprint density at radius 2 is 1.93 bits per heavy atom. The summed E-state index contributed by atoms with van der Waals surface area (Å²) < 4.78 is 10.8. The predicted molar refractivity (Wildman–Crippen MR) is 117 cm³/mol. The Balaban J connectivity index is 1.88. The van der Waals surface area contributed by atoms with Crippen molar-refractivity contribution in [3.8, 4) is 5.75 Å². The van der Waals surface area contributed by atoms with E-state index >= 15 is 0 Å². The molecule has 0 radical (unpaired) electrons. The number of hydrogen-bond donors (Lipinski definition) is 1. The minimum atomic E-state index is -0.421. The van der Waals surface area contributed by atoms with Gasteiger partial charge in [-0.25, -0.2) is 4.79 Å². The van der Waals surface area contributed by atoms with Crippen LogP contribution in [0.1, 0.15) is 41.9 Å². The van der Waals surface area contributed by atoms with Crippen molar-refractivity contribution in [3.05, 3.63) is 45.8 Å². The molecule has 0 bridgehead atoms. The van der Waals surface area contributed by atoms with Gasteiger partial charge in [0.25, 0.3) is 0 Å². The molecular formula is C21H27ClN2O4S. The molecule has 0 aliphatic carbocycles. The van der Waals surface area contributed by atoms with Gasteiger partial charge in [0.1, 0.15) is 17.4 Å². The quantitative estimate of drug-likeness (QED) is 0.547. The summed E-state index contributed by atoms with van der Waals surface area (Å²) in [6.45, 7) is 7.32. The number of carbonyl (C=O) groups is 2. The van der Waals surface area contributed by atoms with Crippen LogP contribution in [0.2, 0.25) is 5.02 Å². The van der Waals surface area contributed by atoms with Crippen molar-refractivity contribution < 1.29 is 19.1 Å². The van der Waals surface area contributed by atoms with E-state index in [9.17, 15) is 9.59 Å². The lowest BCUT2D eigenvalue weighted by Crippen LogP contribution is -2.33. The van der Waals surface area contributed by atoms with E-state index in [0.29, 0.717) is 28.7 Å². The standard InChI is InChI=1S/C21H27ClN2O4S/c1-5-27-21(26)17-12-18(14(2)3)29-20(17)23-19(25)13-24(4)10-11-28-16-8-6-15(22)7-9-16/h6-9,12,14H,5,10-11,13H2,1-4H3,(H,23,25). The number of nitrogens with zero attached hydrogens (tertiary/aromatic N) is 1. The van der Waals surface area contributed by atoms with Crippen molar-refractivity contribution in [2.45, 2.75) is 26.7 Å². The van der Waals surface area contributed by atoms with Crippen LogP contribution in [0, 0.1) is 0 Å². The van der Waals surface area contributed by atoms with E-state index in [1.54, 1.807) is 37.3 Å². The summed E-state index contributed by atoms with van der Waals surface area (Å²) in [5.41, 5.74) is 0.405. The lowest BCUT2D eigenvalue weighted by Gasteiger charge is -2.16. The minimum Gasteiger partial charge on any atom is -0.492 e. The first-order valence-corrected chi connectivity index (χ1v) is 10.7. The largest absolute Gasteiger partial charge is 0.492 e. The lowest BCUT2D eigenvalue weighted by atomic mass is 10.1. The van der Waals surface area contributed by atoms with Crippen LogP contribution in [0.3, 0.4) is 0 Å². The molecule has 2 rings (SSSR count). The Morgan fingerprint density at radius 3 is 2.55 bits per heavy atom. The van der Waals surface area contributed by atoms with Gasteiger partial charge in [0.15, 0.2) is 0 Å². The number of thiophene rings is 1. The molecule has 0 aliphatic heterocycles. The molecule has 1 heterocycles. The van der Waals surface area contributed by atoms with Crippen LogP contribution < -0.4 is 10.1 Å². The maximum absolute atomic E-state index is 12.5. The van der Waals surface area contributed by atoms with Gasteiger partial charge in [0.2, 0.25) is 5.91 Å². The van der Waals surface area contributed by atoms with Gasteiger partial charge >= 0.3 is 5.97 Å². The molecule has 1 N–H and O–H groups in total. The third-order valence-corrected chi connectivity index (χ3v) is 5.64. The van der Waals surface area contributed by atoms with Gasteiger partial charge in [-0.15, -0.1) is 11.3 Å². The first kappa shape index (κ1) is 23.2. The van der Waals surface area contributed by atoms with Crippen LogP contribution >= 0.6 is 22.9 Å². The monoisotopic (exact) mass is 438 g/mol. The van der Waals surface area contributed by atoms with E-state index < -0.39 is 5.97 Å². The normalized spacial score (nSPS) is 11.0. The topological polar surface area (TPSA) is 67.9 Å². The second kappa shape index (κ2) is 11.2. The van der Waals surface area contributed by atoms with Crippen LogP contribution in [0.15, 0.2) is 30.3 Å². The van der Waals surface area contributed by atoms with E-state index in [2.05, 4.69) is 5.32 Å². The number of likely N-dealkylation sites (N-methyl/N-ethyl adjacent to an activating group) is 1. The van der Waals surface area contributed by atoms with Crippen molar-refractivity contribution in [2.75, 3.05) is 38.7 Å². The number of carbonyl (C=O) groups excluding carboxylic acids is 2. The van der Waals surface area contributed by atoms with E-state index in [-0.39, 0.29) is 25.0 Å². The number of anilines is 1. The summed E-state index contributed by atoms with van der Waals surface area (Å²) in [5.74, 6) is 0.370. The van der Waals surface area contributed by atoms with Crippen molar-refractivity contribution >= 4 is 39.8 Å². The highest BCUT2D eigenvalue weighted by atomic mass is 35.5. The van der Waals surface area contributed by atoms with Crippen LogP contribution in [0.4, 0.5) is 5.00 Å². The average molecular weight is 439 g/mol. The minimum absolute atomic E-state index is 0.182. The molecule has 29 heavy (non-hydrogen) atoms. The fourth-order valence-electron chi connectivity index (χ4n) is 2.49. The lowest BCUT2D eigenvalue weighted by molar-refractivity contribution is -0.117. The Morgan fingerprint density at radius 1 is 1.24 bits per heavy atom. The summed E-state index contributed by atoms with van der Waals surface area (Å²) >= 11 is 7.26. The van der Waals surface area contributed by atoms with E-state index in [1.165, 1.54) is 11.3 Å². The third kappa shape index (κ3) is 7.34. The first-order chi connectivity index (χ1) is 13.8. The number of hydrogen-bond acceptors (Lipinski definition) is 6. The van der Waals surface area contributed by atoms with Crippen molar-refractivity contribution in [1.29, 1.82) is 0 Å². The summed E-state index contributed by atoms with van der Waals surface area (Å²) in [6, 6.07) is 8.93. The summed E-state index contributed by atoms with van der Waals surface area (Å²) in [6.07, 6.45) is 0. The van der Waals surface area contributed by atoms with Gasteiger partial charge < -0.3 is 14.8 Å². The second-order valence-electron chi connectivity index (χ2n) is 6.86. The average Bonchev–Trinajstić information content (AvgIpc) is 3.07. The van der Waals surface area contributed by atoms with Gasteiger partial charge in [-0.3, -0.25) is 9.69 Å². The number of halogens is 1. The highest BCUT2D eigenvalue weighted by molar-refractivity contribution is 7.16. The maximum Gasteiger partial charge on any atom is 0.341 e. The molecule has 158 valence electrons. The molecule has 8 heteroatoms. The van der Waals surface area contributed by atoms with Crippen LogP contribution in [0.5, 0.6) is 5.75 Å². The number of ether oxygens (including phenoxy) is 2. The van der Waals surface area contributed by atoms with E-state index in [1.807, 2.05) is 25.8 Å². The zero-order chi connectivity index (χ0) is 21.4. The van der Waals surface area contributed by atoms with Gasteiger partial charge in [-0.2, -0.15) is 0 Å². The number of rotatable bonds is 10. The van der Waals surface area contributed by atoms with Gasteiger partial charge in [-0.1, -0.05) is 25.4 Å². The van der Waals surface area contributed by atoms with E-state index in [0.717, 1.165) is 10.6 Å². The molecule has 2 aromatic rings. The zero-order valence-corrected chi connectivity index (χ0v) is 18.7. The molecule has 1 aromatic carbocycles. The highest BCUT2D eigenvalue weighted by Gasteiger charge is 2.20. The Hall–Kier alpha value is -2.09. The second-order valence-corrected chi connectivity index (χ2v) is 8.38. The maximum atomic E-state index is 12.5.